The van der Waals surface area contributed by atoms with E-state index in [4.69, 9.17) is 14.2 Å². The maximum absolute atomic E-state index is 13.3. The molecule has 0 spiro atoms. The minimum Gasteiger partial charge on any atom is -0.495 e. The molecule has 0 aliphatic carbocycles. The van der Waals surface area contributed by atoms with E-state index in [1.165, 1.54) is 12.0 Å². The Balaban J connectivity index is 2.00. The van der Waals surface area contributed by atoms with Gasteiger partial charge >= 0.3 is 24.1 Å². The van der Waals surface area contributed by atoms with Crippen LogP contribution in [0.3, 0.4) is 0 Å². The molecule has 1 atom stereocenters. The highest BCUT2D eigenvalue weighted by Gasteiger charge is 2.56. The van der Waals surface area contributed by atoms with Crippen LogP contribution in [0.2, 0.25) is 0 Å². The van der Waals surface area contributed by atoms with Crippen LogP contribution < -0.4 is 14.8 Å². The van der Waals surface area contributed by atoms with Gasteiger partial charge in [-0.25, -0.2) is 9.59 Å². The quantitative estimate of drug-likeness (QED) is 0.188. The Morgan fingerprint density at radius 1 is 1.00 bits per heavy atom. The van der Waals surface area contributed by atoms with E-state index < -0.39 is 43.0 Å². The number of methoxy groups -OCH3 is 1. The summed E-state index contributed by atoms with van der Waals surface area (Å²) < 4.78 is 80.0. The van der Waals surface area contributed by atoms with E-state index in [0.717, 1.165) is 0 Å². The highest BCUT2D eigenvalue weighted by molar-refractivity contribution is 5.91. The fraction of sp³-hybridized carbons (Fsp3) is 0.481. The van der Waals surface area contributed by atoms with Crippen LogP contribution in [0, 0.1) is 0 Å². The van der Waals surface area contributed by atoms with Crippen molar-refractivity contribution in [1.29, 1.82) is 0 Å². The number of unbranched alkanes of at least 4 members (excludes halogenated alkanes) is 1. The molecule has 0 saturated carbocycles. The number of carbonyl (C=O) groups is 2. The number of amides is 2. The summed E-state index contributed by atoms with van der Waals surface area (Å²) in [5, 5.41) is 11.9. The van der Waals surface area contributed by atoms with Crippen molar-refractivity contribution in [1.82, 2.24) is 4.90 Å². The highest BCUT2D eigenvalue weighted by Crippen LogP contribution is 2.39. The van der Waals surface area contributed by atoms with E-state index in [1.54, 1.807) is 55.5 Å². The third kappa shape index (κ3) is 10.2. The third-order valence-electron chi connectivity index (χ3n) is 5.84. The smallest absolute Gasteiger partial charge is 0.453 e. The topological polar surface area (TPSA) is 97.3 Å². The molecule has 13 heteroatoms. The Morgan fingerprint density at radius 3 is 2.27 bits per heavy atom. The molecule has 0 heterocycles. The summed E-state index contributed by atoms with van der Waals surface area (Å²) in [4.78, 5) is 25.5. The predicted molar refractivity (Wildman–Crippen MR) is 137 cm³/mol. The van der Waals surface area contributed by atoms with Crippen LogP contribution in [0.1, 0.15) is 31.7 Å². The second-order valence-corrected chi connectivity index (χ2v) is 8.76. The number of anilines is 1. The first-order valence-electron chi connectivity index (χ1n) is 12.6. The second-order valence-electron chi connectivity index (χ2n) is 8.76. The van der Waals surface area contributed by atoms with Gasteiger partial charge in [0.15, 0.2) is 6.10 Å². The van der Waals surface area contributed by atoms with Gasteiger partial charge in [0.05, 0.1) is 19.3 Å². The van der Waals surface area contributed by atoms with Crippen LogP contribution >= 0.6 is 0 Å². The first-order valence-corrected chi connectivity index (χ1v) is 12.6. The summed E-state index contributed by atoms with van der Waals surface area (Å²) in [6.07, 6.45) is -8.38. The molecule has 2 amide bonds. The molecule has 0 radical (unpaired) electrons. The van der Waals surface area contributed by atoms with Crippen LogP contribution in [0.15, 0.2) is 48.5 Å². The van der Waals surface area contributed by atoms with Gasteiger partial charge in [-0.15, -0.1) is 0 Å². The number of carboxylic acids is 1. The average Bonchev–Trinajstić information content (AvgIpc) is 2.90. The first-order chi connectivity index (χ1) is 18.9. The fourth-order valence-electron chi connectivity index (χ4n) is 3.68. The van der Waals surface area contributed by atoms with Gasteiger partial charge in [-0.05, 0) is 49.6 Å². The van der Waals surface area contributed by atoms with E-state index in [1.807, 2.05) is 0 Å². The van der Waals surface area contributed by atoms with Crippen molar-refractivity contribution in [2.75, 3.05) is 38.7 Å². The fourth-order valence-corrected chi connectivity index (χ4v) is 3.68. The lowest BCUT2D eigenvalue weighted by Crippen LogP contribution is -2.39. The molecule has 0 fully saturated rings. The number of rotatable bonds is 16. The molecular formula is C27H33F5N2O6. The lowest BCUT2D eigenvalue weighted by Gasteiger charge is -2.24. The number of benzene rings is 2. The van der Waals surface area contributed by atoms with E-state index in [2.05, 4.69) is 5.32 Å². The van der Waals surface area contributed by atoms with Gasteiger partial charge in [0.2, 0.25) is 0 Å². The summed E-state index contributed by atoms with van der Waals surface area (Å²) in [7, 11) is 1.42. The molecule has 0 aliphatic rings. The number of nitrogens with zero attached hydrogens (tertiary/aromatic N) is 1. The molecule has 222 valence electrons. The Labute approximate surface area is 229 Å². The largest absolute Gasteiger partial charge is 0.495 e. The first kappa shape index (κ1) is 32.6. The average molecular weight is 577 g/mol. The zero-order valence-electron chi connectivity index (χ0n) is 22.2. The van der Waals surface area contributed by atoms with Gasteiger partial charge in [-0.1, -0.05) is 24.3 Å². The molecule has 2 rings (SSSR count). The number of ether oxygens (including phenoxy) is 3. The van der Waals surface area contributed by atoms with E-state index in [-0.39, 0.29) is 39.1 Å². The van der Waals surface area contributed by atoms with Crippen LogP contribution in [-0.4, -0.2) is 73.6 Å². The normalized spacial score (nSPS) is 12.5. The van der Waals surface area contributed by atoms with E-state index in [9.17, 15) is 36.6 Å². The summed E-state index contributed by atoms with van der Waals surface area (Å²) in [5.74, 6) is -5.07. The molecule has 0 aliphatic heterocycles. The van der Waals surface area contributed by atoms with Crippen molar-refractivity contribution in [2.45, 2.75) is 50.8 Å². The van der Waals surface area contributed by atoms with Crippen molar-refractivity contribution >= 4 is 17.7 Å². The number of urea groups is 1. The number of alkyl halides is 5. The molecule has 0 bridgehead atoms. The SMILES string of the molecule is CCOC(Cc1ccc(OCCN(CCCCC(F)(F)C(F)(F)F)C(=O)Nc2ccccc2OC)cc1)C(=O)O. The van der Waals surface area contributed by atoms with Crippen molar-refractivity contribution < 1.29 is 50.9 Å². The molecular weight excluding hydrogens is 543 g/mol. The van der Waals surface area contributed by atoms with Crippen LogP contribution in [-0.2, 0) is 16.0 Å². The number of para-hydroxylation sites is 2. The number of aliphatic carboxylic acids is 1. The van der Waals surface area contributed by atoms with Gasteiger partial charge in [0.25, 0.3) is 0 Å². The molecule has 2 aromatic rings. The summed E-state index contributed by atoms with van der Waals surface area (Å²) in [5.41, 5.74) is 1.06. The van der Waals surface area contributed by atoms with Crippen molar-refractivity contribution in [3.63, 3.8) is 0 Å². The van der Waals surface area contributed by atoms with Crippen LogP contribution in [0.4, 0.5) is 32.4 Å². The maximum Gasteiger partial charge on any atom is 0.453 e. The number of hydrogen-bond donors (Lipinski definition) is 2. The number of hydrogen-bond acceptors (Lipinski definition) is 5. The van der Waals surface area contributed by atoms with Crippen molar-refractivity contribution in [3.8, 4) is 11.5 Å². The summed E-state index contributed by atoms with van der Waals surface area (Å²) in [6, 6.07) is 12.6. The molecule has 2 N–H and O–H groups in total. The van der Waals surface area contributed by atoms with Crippen LogP contribution in [0.5, 0.6) is 11.5 Å². The zero-order chi connectivity index (χ0) is 29.8. The summed E-state index contributed by atoms with van der Waals surface area (Å²) in [6.45, 7) is 1.86. The minimum absolute atomic E-state index is 0.00380. The van der Waals surface area contributed by atoms with Gasteiger partial charge < -0.3 is 29.5 Å². The predicted octanol–water partition coefficient (Wildman–Crippen LogP) is 6.01. The van der Waals surface area contributed by atoms with Gasteiger partial charge in [-0.3, -0.25) is 0 Å². The lowest BCUT2D eigenvalue weighted by atomic mass is 10.1. The summed E-state index contributed by atoms with van der Waals surface area (Å²) >= 11 is 0. The highest BCUT2D eigenvalue weighted by atomic mass is 19.4. The Hall–Kier alpha value is -3.61. The maximum atomic E-state index is 13.3. The molecule has 1 unspecified atom stereocenters. The molecule has 40 heavy (non-hydrogen) atoms. The number of halogens is 5. The Bertz CT molecular complexity index is 1080. The zero-order valence-corrected chi connectivity index (χ0v) is 22.2. The molecule has 0 aromatic heterocycles. The molecule has 8 nitrogen and oxygen atoms in total. The number of nitrogens with one attached hydrogen (secondary N) is 1. The number of carboxylic acid groups (broad SMARTS) is 1. The molecule has 2 aromatic carbocycles. The van der Waals surface area contributed by atoms with E-state index in [0.29, 0.717) is 22.7 Å². The monoisotopic (exact) mass is 576 g/mol. The van der Waals surface area contributed by atoms with Crippen LogP contribution in [0.25, 0.3) is 0 Å². The van der Waals surface area contributed by atoms with E-state index >= 15 is 0 Å². The second kappa shape index (κ2) is 15.2. The van der Waals surface area contributed by atoms with Crippen molar-refractivity contribution in [3.05, 3.63) is 54.1 Å². The standard InChI is InChI=1S/C27H33F5N2O6/c1-3-39-23(24(35)36)18-19-10-12-20(13-11-19)40-17-16-34(15-7-6-14-26(28,29)27(30,31)32)25(37)33-21-8-4-5-9-22(21)38-2/h4-5,8-13,23H,3,6-7,14-18H2,1-2H3,(H,33,37)(H,35,36). The third-order valence-corrected chi connectivity index (χ3v) is 5.84. The Morgan fingerprint density at radius 2 is 1.68 bits per heavy atom. The lowest BCUT2D eigenvalue weighted by molar-refractivity contribution is -0.284. The van der Waals surface area contributed by atoms with Gasteiger partial charge in [-0.2, -0.15) is 22.0 Å². The van der Waals surface area contributed by atoms with Gasteiger partial charge in [0, 0.05) is 26.0 Å². The van der Waals surface area contributed by atoms with Crippen molar-refractivity contribution in [2.24, 2.45) is 0 Å². The van der Waals surface area contributed by atoms with Gasteiger partial charge in [0.1, 0.15) is 18.1 Å². The number of carbonyl (C=O) groups excluding carboxylic acids is 1. The Kier molecular flexibility index (Phi) is 12.4. The minimum atomic E-state index is -5.63. The molecule has 0 saturated heterocycles.